The Morgan fingerprint density at radius 1 is 1.17 bits per heavy atom. The molecule has 2 spiro atoms. The molecule has 1 aromatic carbocycles. The molecule has 0 atom stereocenters. The lowest BCUT2D eigenvalue weighted by molar-refractivity contribution is -0.384. The number of alkyl halides is 3. The standard InChI is InChI=1S/C24H28BrN5O4S.C2HF3O2/c25-18-11-21(22(26-14-18)27-19-12-24(13-19)16-23(24)4-5-23)35(33,34)29-8-6-28(7-9-29)15-17-2-1-3-20(10-17)30(31)32;3-2(4,5)1(6)7/h1-3,10-11,14,19H,4-9,12-13,15-16H2,(H,26,27);(H,6,7). The van der Waals surface area contributed by atoms with E-state index in [0.717, 1.165) is 18.4 Å². The second-order valence-corrected chi connectivity index (χ2v) is 14.2. The van der Waals surface area contributed by atoms with E-state index < -0.39 is 27.1 Å². The first kappa shape index (κ1) is 30.6. The average Bonchev–Trinajstić information content (AvgIpc) is 3.82. The van der Waals surface area contributed by atoms with E-state index in [1.54, 1.807) is 24.4 Å². The average molecular weight is 677 g/mol. The predicted octanol–water partition coefficient (Wildman–Crippen LogP) is 4.64. The molecule has 2 aromatic rings. The van der Waals surface area contributed by atoms with Crippen LogP contribution in [0.15, 0.2) is 45.9 Å². The van der Waals surface area contributed by atoms with Gasteiger partial charge < -0.3 is 10.4 Å². The van der Waals surface area contributed by atoms with Crippen molar-refractivity contribution in [1.29, 1.82) is 0 Å². The maximum Gasteiger partial charge on any atom is 0.490 e. The summed E-state index contributed by atoms with van der Waals surface area (Å²) in [7, 11) is -3.72. The number of carboxylic acid groups (broad SMARTS) is 1. The number of fused-ring (bicyclic) bond motifs is 1. The highest BCUT2D eigenvalue weighted by Gasteiger charge is 2.77. The lowest BCUT2D eigenvalue weighted by Crippen LogP contribution is -2.48. The van der Waals surface area contributed by atoms with Crippen molar-refractivity contribution < 1.29 is 36.4 Å². The van der Waals surface area contributed by atoms with Gasteiger partial charge in [-0.1, -0.05) is 12.1 Å². The molecule has 16 heteroatoms. The molecule has 3 saturated carbocycles. The van der Waals surface area contributed by atoms with E-state index in [0.29, 0.717) is 53.8 Å². The molecule has 4 fully saturated rings. The van der Waals surface area contributed by atoms with Gasteiger partial charge in [-0.25, -0.2) is 18.2 Å². The summed E-state index contributed by atoms with van der Waals surface area (Å²) in [5, 5.41) is 21.6. The van der Waals surface area contributed by atoms with Crippen molar-refractivity contribution in [3.8, 4) is 0 Å². The number of piperazine rings is 1. The highest BCUT2D eigenvalue weighted by atomic mass is 79.9. The Labute approximate surface area is 248 Å². The number of nitrogens with zero attached hydrogens (tertiary/aromatic N) is 4. The number of aliphatic carboxylic acids is 1. The molecule has 1 aliphatic heterocycles. The second-order valence-electron chi connectivity index (χ2n) is 11.4. The normalized spacial score (nSPS) is 24.8. The van der Waals surface area contributed by atoms with Crippen molar-refractivity contribution in [1.82, 2.24) is 14.2 Å². The molecule has 42 heavy (non-hydrogen) atoms. The highest BCUT2D eigenvalue weighted by molar-refractivity contribution is 9.10. The minimum Gasteiger partial charge on any atom is -0.475 e. The fourth-order valence-corrected chi connectivity index (χ4v) is 8.27. The van der Waals surface area contributed by atoms with E-state index in [4.69, 9.17) is 9.90 Å². The molecule has 4 aliphatic rings. The Kier molecular flexibility index (Phi) is 8.04. The van der Waals surface area contributed by atoms with Gasteiger partial charge in [0.2, 0.25) is 10.0 Å². The van der Waals surface area contributed by atoms with Gasteiger partial charge in [0.1, 0.15) is 10.7 Å². The first-order valence-corrected chi connectivity index (χ1v) is 15.6. The fraction of sp³-hybridized carbons (Fsp3) is 0.538. The van der Waals surface area contributed by atoms with Crippen LogP contribution in [-0.2, 0) is 21.4 Å². The molecule has 3 aliphatic carbocycles. The summed E-state index contributed by atoms with van der Waals surface area (Å²) in [6, 6.07) is 8.52. The maximum absolute atomic E-state index is 13.6. The monoisotopic (exact) mass is 675 g/mol. The van der Waals surface area contributed by atoms with Crippen LogP contribution in [0, 0.1) is 20.9 Å². The number of hydrogen-bond donors (Lipinski definition) is 2. The number of pyridine rings is 1. The van der Waals surface area contributed by atoms with E-state index in [9.17, 15) is 31.7 Å². The molecule has 228 valence electrons. The van der Waals surface area contributed by atoms with E-state index in [2.05, 4.69) is 31.1 Å². The minimum absolute atomic E-state index is 0.0669. The topological polar surface area (TPSA) is 146 Å². The zero-order chi connectivity index (χ0) is 30.5. The Hall–Kier alpha value is -2.82. The third-order valence-electron chi connectivity index (χ3n) is 8.68. The number of carboxylic acids is 1. The number of nitrogens with one attached hydrogen (secondary N) is 1. The second kappa shape index (κ2) is 11.0. The smallest absolute Gasteiger partial charge is 0.475 e. The number of benzene rings is 1. The largest absolute Gasteiger partial charge is 0.490 e. The minimum atomic E-state index is -5.08. The number of sulfonamides is 1. The van der Waals surface area contributed by atoms with Crippen LogP contribution in [0.5, 0.6) is 0 Å². The first-order valence-electron chi connectivity index (χ1n) is 13.3. The number of aromatic nitrogens is 1. The maximum atomic E-state index is 13.6. The van der Waals surface area contributed by atoms with Gasteiger partial charge in [0, 0.05) is 61.6 Å². The van der Waals surface area contributed by atoms with Gasteiger partial charge in [0.25, 0.3) is 5.69 Å². The van der Waals surface area contributed by atoms with Crippen molar-refractivity contribution in [3.63, 3.8) is 0 Å². The van der Waals surface area contributed by atoms with Crippen LogP contribution in [0.3, 0.4) is 0 Å². The molecule has 0 unspecified atom stereocenters. The molecule has 0 radical (unpaired) electrons. The lowest BCUT2D eigenvalue weighted by atomic mass is 9.74. The Balaban J connectivity index is 0.000000451. The number of nitro groups is 1. The number of hydrogen-bond acceptors (Lipinski definition) is 8. The summed E-state index contributed by atoms with van der Waals surface area (Å²) in [6.07, 6.45) is 2.86. The quantitative estimate of drug-likeness (QED) is 0.317. The van der Waals surface area contributed by atoms with Gasteiger partial charge in [-0.05, 0) is 70.5 Å². The van der Waals surface area contributed by atoms with Crippen molar-refractivity contribution in [2.24, 2.45) is 10.8 Å². The molecule has 6 rings (SSSR count). The number of non-ortho nitro benzene ring substituents is 1. The van der Waals surface area contributed by atoms with Crippen molar-refractivity contribution in [3.05, 3.63) is 56.7 Å². The van der Waals surface area contributed by atoms with Gasteiger partial charge in [0.05, 0.1) is 4.92 Å². The van der Waals surface area contributed by atoms with Crippen LogP contribution in [0.1, 0.15) is 37.7 Å². The Bertz CT molecular complexity index is 1490. The Morgan fingerprint density at radius 2 is 1.81 bits per heavy atom. The van der Waals surface area contributed by atoms with Gasteiger partial charge in [-0.15, -0.1) is 0 Å². The van der Waals surface area contributed by atoms with Gasteiger partial charge in [0.15, 0.2) is 0 Å². The third-order valence-corrected chi connectivity index (χ3v) is 11.0. The van der Waals surface area contributed by atoms with Gasteiger partial charge >= 0.3 is 12.1 Å². The van der Waals surface area contributed by atoms with Crippen LogP contribution in [0.25, 0.3) is 0 Å². The summed E-state index contributed by atoms with van der Waals surface area (Å²) >= 11 is 3.39. The van der Waals surface area contributed by atoms with Crippen molar-refractivity contribution >= 4 is 43.4 Å². The third kappa shape index (κ3) is 6.26. The molecule has 1 saturated heterocycles. The number of anilines is 1. The molecule has 0 amide bonds. The first-order chi connectivity index (χ1) is 19.6. The zero-order valence-corrected chi connectivity index (χ0v) is 24.7. The van der Waals surface area contributed by atoms with E-state index in [1.165, 1.54) is 29.6 Å². The van der Waals surface area contributed by atoms with E-state index >= 15 is 0 Å². The molecular formula is C26H29BrF3N5O6S. The summed E-state index contributed by atoms with van der Waals surface area (Å²) in [6.45, 7) is 2.38. The summed E-state index contributed by atoms with van der Waals surface area (Å²) < 4.78 is 61.1. The van der Waals surface area contributed by atoms with Gasteiger partial charge in [-0.3, -0.25) is 15.0 Å². The van der Waals surface area contributed by atoms with Crippen molar-refractivity contribution in [2.75, 3.05) is 31.5 Å². The number of rotatable bonds is 7. The summed E-state index contributed by atoms with van der Waals surface area (Å²) in [4.78, 5) is 26.3. The predicted molar refractivity (Wildman–Crippen MR) is 148 cm³/mol. The molecule has 11 nitrogen and oxygen atoms in total. The lowest BCUT2D eigenvalue weighted by Gasteiger charge is -2.39. The van der Waals surface area contributed by atoms with E-state index in [-0.39, 0.29) is 16.6 Å². The SMILES string of the molecule is O=C(O)C(F)(F)F.O=[N+]([O-])c1cccc(CN2CCN(S(=O)(=O)c3cc(Br)cnc3NC3CC4(C3)CC43CC3)CC2)c1. The van der Waals surface area contributed by atoms with E-state index in [1.807, 2.05) is 6.07 Å². The van der Waals surface area contributed by atoms with Crippen LogP contribution < -0.4 is 5.32 Å². The molecule has 1 aromatic heterocycles. The Morgan fingerprint density at radius 3 is 2.36 bits per heavy atom. The highest BCUT2D eigenvalue weighted by Crippen LogP contribution is 2.85. The summed E-state index contributed by atoms with van der Waals surface area (Å²) in [5.41, 5.74) is 2.07. The van der Waals surface area contributed by atoms with Crippen LogP contribution in [0.2, 0.25) is 0 Å². The number of nitro benzene ring substituents is 1. The molecule has 0 bridgehead atoms. The molecular weight excluding hydrogens is 647 g/mol. The zero-order valence-electron chi connectivity index (χ0n) is 22.3. The van der Waals surface area contributed by atoms with Crippen LogP contribution in [0.4, 0.5) is 24.7 Å². The number of halogens is 4. The fourth-order valence-electron chi connectivity index (χ4n) is 6.24. The van der Waals surface area contributed by atoms with Crippen LogP contribution >= 0.6 is 15.9 Å². The van der Waals surface area contributed by atoms with Crippen LogP contribution in [-0.4, -0.2) is 77.0 Å². The summed E-state index contributed by atoms with van der Waals surface area (Å²) in [5.74, 6) is -2.31. The van der Waals surface area contributed by atoms with Crippen molar-refractivity contribution in [2.45, 2.75) is 55.8 Å². The number of carbonyl (C=O) groups is 1. The molecule has 2 heterocycles. The molecule has 2 N–H and O–H groups in total. The van der Waals surface area contributed by atoms with Gasteiger partial charge in [-0.2, -0.15) is 17.5 Å².